The Morgan fingerprint density at radius 3 is 2.36 bits per heavy atom. The molecule has 0 saturated heterocycles. The predicted molar refractivity (Wildman–Crippen MR) is 125 cm³/mol. The van der Waals surface area contributed by atoms with Crippen LogP contribution in [-0.2, 0) is 32.7 Å². The van der Waals surface area contributed by atoms with E-state index >= 15 is 0 Å². The number of amides is 1. The summed E-state index contributed by atoms with van der Waals surface area (Å²) in [5, 5.41) is 12.7. The summed E-state index contributed by atoms with van der Waals surface area (Å²) < 4.78 is 7.72. The van der Waals surface area contributed by atoms with E-state index in [0.717, 1.165) is 5.56 Å². The lowest BCUT2D eigenvalue weighted by molar-refractivity contribution is -0.148. The van der Waals surface area contributed by atoms with Gasteiger partial charge in [0.15, 0.2) is 0 Å². The Morgan fingerprint density at radius 2 is 1.79 bits per heavy atom. The van der Waals surface area contributed by atoms with Gasteiger partial charge in [-0.1, -0.05) is 45.0 Å². The molecule has 0 radical (unpaired) electrons. The molecule has 2 aromatic rings. The summed E-state index contributed by atoms with van der Waals surface area (Å²) in [7, 11) is 0. The maximum atomic E-state index is 13.2. The van der Waals surface area contributed by atoms with Gasteiger partial charge in [-0.15, -0.1) is 0 Å². The van der Waals surface area contributed by atoms with E-state index < -0.39 is 22.4 Å². The number of aliphatic carboxylic acids is 1. The number of aromatic nitrogens is 1. The van der Waals surface area contributed by atoms with Crippen molar-refractivity contribution in [1.29, 1.82) is 0 Å². The number of ketones is 1. The molecule has 0 spiro atoms. The number of carboxylic acid groups (broad SMARTS) is 1. The molecule has 7 heteroatoms. The first-order valence-corrected chi connectivity index (χ1v) is 11.3. The topological polar surface area (TPSA) is 97.6 Å². The highest BCUT2D eigenvalue weighted by atomic mass is 16.5. The van der Waals surface area contributed by atoms with Crippen molar-refractivity contribution in [2.45, 2.75) is 65.0 Å². The Balaban J connectivity index is 1.72. The summed E-state index contributed by atoms with van der Waals surface area (Å²) in [6.07, 6.45) is 1.82. The molecular formula is C26H34N2O5. The van der Waals surface area contributed by atoms with E-state index in [9.17, 15) is 19.5 Å². The fraction of sp³-hybridized carbons (Fsp3) is 0.500. The number of hydrogen-bond acceptors (Lipinski definition) is 4. The highest BCUT2D eigenvalue weighted by Crippen LogP contribution is 2.49. The summed E-state index contributed by atoms with van der Waals surface area (Å²) in [6.45, 7) is 11.1. The molecule has 7 nitrogen and oxygen atoms in total. The second-order valence-corrected chi connectivity index (χ2v) is 10.3. The number of nitrogens with one attached hydrogen (secondary N) is 1. The van der Waals surface area contributed by atoms with Crippen LogP contribution in [0, 0.1) is 5.41 Å². The first-order valence-electron chi connectivity index (χ1n) is 11.3. The van der Waals surface area contributed by atoms with Gasteiger partial charge in [0.25, 0.3) is 0 Å². The third-order valence-electron chi connectivity index (χ3n) is 6.72. The molecule has 1 atom stereocenters. The van der Waals surface area contributed by atoms with Crippen molar-refractivity contribution in [2.75, 3.05) is 13.2 Å². The maximum Gasteiger partial charge on any atom is 0.316 e. The monoisotopic (exact) mass is 454 g/mol. The van der Waals surface area contributed by atoms with Crippen molar-refractivity contribution in [2.24, 2.45) is 5.41 Å². The number of carbonyl (C=O) groups excluding carboxylic acids is 2. The first kappa shape index (κ1) is 24.7. The van der Waals surface area contributed by atoms with Gasteiger partial charge in [0.2, 0.25) is 12.2 Å². The summed E-state index contributed by atoms with van der Waals surface area (Å²) in [5.74, 6) is -0.956. The number of carbonyl (C=O) groups is 3. The zero-order chi connectivity index (χ0) is 24.4. The van der Waals surface area contributed by atoms with Crippen LogP contribution in [-0.4, -0.2) is 46.6 Å². The van der Waals surface area contributed by atoms with E-state index in [1.165, 1.54) is 0 Å². The van der Waals surface area contributed by atoms with Gasteiger partial charge in [-0.3, -0.25) is 14.4 Å². The van der Waals surface area contributed by atoms with Crippen LogP contribution in [0.1, 0.15) is 68.3 Å². The second-order valence-electron chi connectivity index (χ2n) is 10.3. The molecule has 1 amide bonds. The third kappa shape index (κ3) is 4.74. The minimum absolute atomic E-state index is 0.111. The Hall–Kier alpha value is -2.93. The highest BCUT2D eigenvalue weighted by molar-refractivity contribution is 6.08. The molecule has 2 heterocycles. The van der Waals surface area contributed by atoms with Crippen LogP contribution in [0.25, 0.3) is 0 Å². The van der Waals surface area contributed by atoms with E-state index in [0.29, 0.717) is 55.9 Å². The third-order valence-corrected chi connectivity index (χ3v) is 6.72. The molecule has 1 aromatic heterocycles. The van der Waals surface area contributed by atoms with Crippen LogP contribution in [0.5, 0.6) is 0 Å². The largest absolute Gasteiger partial charge is 0.481 e. The van der Waals surface area contributed by atoms with E-state index in [4.69, 9.17) is 4.74 Å². The molecule has 1 aliphatic rings. The van der Waals surface area contributed by atoms with Crippen LogP contribution >= 0.6 is 0 Å². The molecule has 1 aliphatic heterocycles. The average Bonchev–Trinajstić information content (AvgIpc) is 3.32. The molecule has 1 aromatic carbocycles. The molecule has 0 saturated carbocycles. The Kier molecular flexibility index (Phi) is 6.84. The fourth-order valence-corrected chi connectivity index (χ4v) is 4.74. The molecule has 2 N–H and O–H groups in total. The van der Waals surface area contributed by atoms with Crippen molar-refractivity contribution < 1.29 is 24.2 Å². The molecule has 0 unspecified atom stereocenters. The maximum absolute atomic E-state index is 13.2. The highest BCUT2D eigenvalue weighted by Gasteiger charge is 2.55. The Morgan fingerprint density at radius 1 is 1.12 bits per heavy atom. The van der Waals surface area contributed by atoms with Gasteiger partial charge in [0.05, 0.1) is 17.9 Å². The fourth-order valence-electron chi connectivity index (χ4n) is 4.74. The number of fused-ring (bicyclic) bond motifs is 1. The lowest BCUT2D eigenvalue weighted by Gasteiger charge is -2.37. The van der Waals surface area contributed by atoms with Crippen LogP contribution in [0.2, 0.25) is 0 Å². The quantitative estimate of drug-likeness (QED) is 0.422. The zero-order valence-corrected chi connectivity index (χ0v) is 20.1. The summed E-state index contributed by atoms with van der Waals surface area (Å²) in [5.41, 5.74) is 0.898. The van der Waals surface area contributed by atoms with Gasteiger partial charge in [0.1, 0.15) is 5.41 Å². The van der Waals surface area contributed by atoms with E-state index in [-0.39, 0.29) is 5.78 Å². The van der Waals surface area contributed by atoms with Crippen LogP contribution in [0.4, 0.5) is 0 Å². The normalized spacial score (nSPS) is 18.1. The number of rotatable bonds is 10. The van der Waals surface area contributed by atoms with Crippen LogP contribution in [0.3, 0.4) is 0 Å². The van der Waals surface area contributed by atoms with Gasteiger partial charge in [0, 0.05) is 24.3 Å². The smallest absolute Gasteiger partial charge is 0.316 e. The van der Waals surface area contributed by atoms with Gasteiger partial charge in [-0.05, 0) is 49.8 Å². The van der Waals surface area contributed by atoms with E-state index in [1.807, 2.05) is 51.3 Å². The number of ether oxygens (including phenoxy) is 1. The van der Waals surface area contributed by atoms with Gasteiger partial charge >= 0.3 is 5.97 Å². The van der Waals surface area contributed by atoms with Crippen molar-refractivity contribution in [1.82, 2.24) is 9.88 Å². The first-order chi connectivity index (χ1) is 15.4. The molecule has 3 rings (SSSR count). The predicted octanol–water partition coefficient (Wildman–Crippen LogP) is 3.58. The minimum atomic E-state index is -1.01. The van der Waals surface area contributed by atoms with Gasteiger partial charge in [-0.25, -0.2) is 0 Å². The number of benzene rings is 1. The van der Waals surface area contributed by atoms with Crippen LogP contribution < -0.4 is 5.32 Å². The van der Waals surface area contributed by atoms with Crippen molar-refractivity contribution in [3.05, 3.63) is 58.9 Å². The zero-order valence-electron chi connectivity index (χ0n) is 20.1. The number of carboxylic acids is 1. The van der Waals surface area contributed by atoms with Crippen molar-refractivity contribution in [3.63, 3.8) is 0 Å². The van der Waals surface area contributed by atoms with Crippen molar-refractivity contribution >= 4 is 18.2 Å². The van der Waals surface area contributed by atoms with Crippen LogP contribution in [0.15, 0.2) is 36.4 Å². The Bertz CT molecular complexity index is 1030. The van der Waals surface area contributed by atoms with Crippen molar-refractivity contribution in [3.8, 4) is 0 Å². The van der Waals surface area contributed by atoms with E-state index in [2.05, 4.69) is 5.32 Å². The standard InChI is InChI=1S/C26H34N2O5/c1-24(2,3)26(23(31)32)13-14-28-20(10-11-21(26)28)22(30)19-8-6-18(7-9-19)12-15-33-25(4,5)16-27-17-29/h6-11,17H,12-16H2,1-5H3,(H,27,29)(H,31,32)/t26-/m0/s1. The Labute approximate surface area is 195 Å². The summed E-state index contributed by atoms with van der Waals surface area (Å²) in [6, 6.07) is 11.0. The molecule has 0 aliphatic carbocycles. The average molecular weight is 455 g/mol. The molecule has 0 fully saturated rings. The molecular weight excluding hydrogens is 420 g/mol. The molecule has 33 heavy (non-hydrogen) atoms. The summed E-state index contributed by atoms with van der Waals surface area (Å²) >= 11 is 0. The minimum Gasteiger partial charge on any atom is -0.481 e. The number of nitrogens with zero attached hydrogens (tertiary/aromatic N) is 1. The van der Waals surface area contributed by atoms with Gasteiger partial charge < -0.3 is 19.7 Å². The molecule has 178 valence electrons. The lowest BCUT2D eigenvalue weighted by Crippen LogP contribution is -2.45. The second kappa shape index (κ2) is 9.14. The number of hydrogen-bond donors (Lipinski definition) is 2. The summed E-state index contributed by atoms with van der Waals surface area (Å²) in [4.78, 5) is 36.0. The SMILES string of the molecule is CC(C)(CNC=O)OCCc1ccc(C(=O)c2ccc3n2CC[C@]3(C(=O)O)C(C)(C)C)cc1. The van der Waals surface area contributed by atoms with E-state index in [1.54, 1.807) is 24.3 Å². The molecule has 0 bridgehead atoms. The van der Waals surface area contributed by atoms with Gasteiger partial charge in [-0.2, -0.15) is 0 Å². The lowest BCUT2D eigenvalue weighted by atomic mass is 9.64.